The van der Waals surface area contributed by atoms with Crippen molar-refractivity contribution in [3.63, 3.8) is 0 Å². The Balaban J connectivity index is 2.71. The molecular formula is C12H16F3N. The van der Waals surface area contributed by atoms with Crippen LogP contribution in [0.5, 0.6) is 0 Å². The van der Waals surface area contributed by atoms with Crippen molar-refractivity contribution in [1.29, 1.82) is 0 Å². The van der Waals surface area contributed by atoms with Crippen LogP contribution in [0.3, 0.4) is 0 Å². The van der Waals surface area contributed by atoms with Gasteiger partial charge in [0, 0.05) is 6.04 Å². The molecule has 2 N–H and O–H groups in total. The van der Waals surface area contributed by atoms with Crippen molar-refractivity contribution in [3.05, 3.63) is 35.4 Å². The topological polar surface area (TPSA) is 26.0 Å². The summed E-state index contributed by atoms with van der Waals surface area (Å²) in [4.78, 5) is 0. The average Bonchev–Trinajstić information content (AvgIpc) is 2.25. The van der Waals surface area contributed by atoms with E-state index in [1.807, 2.05) is 0 Å². The molecule has 90 valence electrons. The number of hydrogen-bond acceptors (Lipinski definition) is 1. The molecule has 1 atom stereocenters. The average molecular weight is 231 g/mol. The lowest BCUT2D eigenvalue weighted by molar-refractivity contribution is -0.137. The lowest BCUT2D eigenvalue weighted by Gasteiger charge is -2.13. The monoisotopic (exact) mass is 231 g/mol. The van der Waals surface area contributed by atoms with E-state index in [9.17, 15) is 13.2 Å². The number of unbranched alkanes of at least 4 members (excludes halogenated alkanes) is 1. The maximum absolute atomic E-state index is 12.3. The van der Waals surface area contributed by atoms with Gasteiger partial charge in [0.25, 0.3) is 0 Å². The highest BCUT2D eigenvalue weighted by Crippen LogP contribution is 2.30. The molecule has 0 bridgehead atoms. The van der Waals surface area contributed by atoms with Crippen molar-refractivity contribution in [1.82, 2.24) is 0 Å². The van der Waals surface area contributed by atoms with Gasteiger partial charge < -0.3 is 5.73 Å². The summed E-state index contributed by atoms with van der Waals surface area (Å²) >= 11 is 0. The molecule has 0 aliphatic rings. The van der Waals surface area contributed by atoms with Crippen LogP contribution in [0.4, 0.5) is 13.2 Å². The SMILES string of the molecule is CCCCC(N)c1ccc(C(F)(F)F)cc1. The first-order valence-corrected chi connectivity index (χ1v) is 5.38. The predicted octanol–water partition coefficient (Wildman–Crippen LogP) is 3.90. The van der Waals surface area contributed by atoms with Gasteiger partial charge in [-0.1, -0.05) is 31.9 Å². The molecule has 1 aromatic rings. The Labute approximate surface area is 93.5 Å². The molecule has 0 amide bonds. The molecule has 1 nitrogen and oxygen atoms in total. The van der Waals surface area contributed by atoms with Crippen LogP contribution in [0.1, 0.15) is 43.4 Å². The van der Waals surface area contributed by atoms with Crippen LogP contribution >= 0.6 is 0 Å². The summed E-state index contributed by atoms with van der Waals surface area (Å²) in [5.74, 6) is 0. The lowest BCUT2D eigenvalue weighted by atomic mass is 10.0. The number of hydrogen-bond donors (Lipinski definition) is 1. The van der Waals surface area contributed by atoms with E-state index in [1.165, 1.54) is 12.1 Å². The molecule has 0 saturated heterocycles. The predicted molar refractivity (Wildman–Crippen MR) is 57.9 cm³/mol. The first-order chi connectivity index (χ1) is 7.45. The van der Waals surface area contributed by atoms with E-state index in [4.69, 9.17) is 5.73 Å². The molecule has 1 unspecified atom stereocenters. The molecular weight excluding hydrogens is 215 g/mol. The number of halogens is 3. The quantitative estimate of drug-likeness (QED) is 0.835. The van der Waals surface area contributed by atoms with Crippen molar-refractivity contribution in [2.75, 3.05) is 0 Å². The number of nitrogens with two attached hydrogens (primary N) is 1. The molecule has 0 saturated carbocycles. The maximum atomic E-state index is 12.3. The van der Waals surface area contributed by atoms with Crippen molar-refractivity contribution in [2.24, 2.45) is 5.73 Å². The smallest absolute Gasteiger partial charge is 0.324 e. The van der Waals surface area contributed by atoms with Gasteiger partial charge in [-0.15, -0.1) is 0 Å². The van der Waals surface area contributed by atoms with Gasteiger partial charge >= 0.3 is 6.18 Å². The van der Waals surface area contributed by atoms with Gasteiger partial charge in [-0.05, 0) is 24.1 Å². The minimum atomic E-state index is -4.27. The fourth-order valence-electron chi connectivity index (χ4n) is 1.51. The molecule has 1 aromatic carbocycles. The van der Waals surface area contributed by atoms with Crippen molar-refractivity contribution < 1.29 is 13.2 Å². The van der Waals surface area contributed by atoms with E-state index < -0.39 is 11.7 Å². The van der Waals surface area contributed by atoms with Gasteiger partial charge in [0.2, 0.25) is 0 Å². The molecule has 0 fully saturated rings. The summed E-state index contributed by atoms with van der Waals surface area (Å²) < 4.78 is 36.9. The number of rotatable bonds is 4. The number of alkyl halides is 3. The van der Waals surface area contributed by atoms with Crippen molar-refractivity contribution >= 4 is 0 Å². The van der Waals surface area contributed by atoms with Gasteiger partial charge in [0.1, 0.15) is 0 Å². The summed E-state index contributed by atoms with van der Waals surface area (Å²) in [6, 6.07) is 4.93. The fraction of sp³-hybridized carbons (Fsp3) is 0.500. The second kappa shape index (κ2) is 5.34. The second-order valence-corrected chi connectivity index (χ2v) is 3.87. The summed E-state index contributed by atoms with van der Waals surface area (Å²) in [6.07, 6.45) is -1.44. The zero-order valence-corrected chi connectivity index (χ0v) is 9.22. The Morgan fingerprint density at radius 3 is 2.19 bits per heavy atom. The zero-order valence-electron chi connectivity index (χ0n) is 9.22. The third kappa shape index (κ3) is 3.52. The summed E-state index contributed by atoms with van der Waals surface area (Å²) in [7, 11) is 0. The third-order valence-corrected chi connectivity index (χ3v) is 2.53. The summed E-state index contributed by atoms with van der Waals surface area (Å²) in [5.41, 5.74) is 6.00. The van der Waals surface area contributed by atoms with E-state index in [1.54, 1.807) is 0 Å². The first-order valence-electron chi connectivity index (χ1n) is 5.38. The van der Waals surface area contributed by atoms with E-state index >= 15 is 0 Å². The molecule has 0 heterocycles. The highest BCUT2D eigenvalue weighted by molar-refractivity contribution is 5.26. The molecule has 0 aliphatic heterocycles. The molecule has 0 spiro atoms. The highest BCUT2D eigenvalue weighted by atomic mass is 19.4. The molecule has 0 radical (unpaired) electrons. The second-order valence-electron chi connectivity index (χ2n) is 3.87. The Morgan fingerprint density at radius 1 is 1.19 bits per heavy atom. The van der Waals surface area contributed by atoms with Crippen LogP contribution in [-0.2, 0) is 6.18 Å². The Morgan fingerprint density at radius 2 is 1.75 bits per heavy atom. The Kier molecular flexibility index (Phi) is 4.35. The van der Waals surface area contributed by atoms with Crippen LogP contribution < -0.4 is 5.73 Å². The maximum Gasteiger partial charge on any atom is 0.416 e. The number of benzene rings is 1. The van der Waals surface area contributed by atoms with E-state index in [0.717, 1.165) is 37.0 Å². The van der Waals surface area contributed by atoms with E-state index in [-0.39, 0.29) is 6.04 Å². The van der Waals surface area contributed by atoms with Gasteiger partial charge in [0.15, 0.2) is 0 Å². The van der Waals surface area contributed by atoms with E-state index in [0.29, 0.717) is 0 Å². The lowest BCUT2D eigenvalue weighted by Crippen LogP contribution is -2.11. The largest absolute Gasteiger partial charge is 0.416 e. The fourth-order valence-corrected chi connectivity index (χ4v) is 1.51. The van der Waals surface area contributed by atoms with Crippen LogP contribution in [0.15, 0.2) is 24.3 Å². The molecule has 1 rings (SSSR count). The minimum Gasteiger partial charge on any atom is -0.324 e. The molecule has 0 aromatic heterocycles. The Hall–Kier alpha value is -1.03. The zero-order chi connectivity index (χ0) is 12.2. The van der Waals surface area contributed by atoms with Crippen LogP contribution in [0.25, 0.3) is 0 Å². The van der Waals surface area contributed by atoms with Crippen LogP contribution in [0.2, 0.25) is 0 Å². The molecule has 16 heavy (non-hydrogen) atoms. The van der Waals surface area contributed by atoms with Crippen LogP contribution in [-0.4, -0.2) is 0 Å². The van der Waals surface area contributed by atoms with E-state index in [2.05, 4.69) is 6.92 Å². The minimum absolute atomic E-state index is 0.165. The normalized spacial score (nSPS) is 13.8. The third-order valence-electron chi connectivity index (χ3n) is 2.53. The molecule has 0 aliphatic carbocycles. The van der Waals surface area contributed by atoms with Crippen molar-refractivity contribution in [2.45, 2.75) is 38.4 Å². The van der Waals surface area contributed by atoms with Gasteiger partial charge in [-0.3, -0.25) is 0 Å². The highest BCUT2D eigenvalue weighted by Gasteiger charge is 2.30. The van der Waals surface area contributed by atoms with Gasteiger partial charge in [-0.2, -0.15) is 13.2 Å². The van der Waals surface area contributed by atoms with Gasteiger partial charge in [-0.25, -0.2) is 0 Å². The summed E-state index contributed by atoms with van der Waals surface area (Å²) in [5, 5.41) is 0. The standard InChI is InChI=1S/C12H16F3N/c1-2-3-4-11(16)9-5-7-10(8-6-9)12(13,14)15/h5-8,11H,2-4,16H2,1H3. The van der Waals surface area contributed by atoms with Crippen LogP contribution in [0, 0.1) is 0 Å². The van der Waals surface area contributed by atoms with Crippen molar-refractivity contribution in [3.8, 4) is 0 Å². The van der Waals surface area contributed by atoms with Gasteiger partial charge in [0.05, 0.1) is 5.56 Å². The molecule has 4 heteroatoms. The Bertz CT molecular complexity index is 316. The first kappa shape index (κ1) is 13.0. The summed E-state index contributed by atoms with van der Waals surface area (Å²) in [6.45, 7) is 2.06.